The van der Waals surface area contributed by atoms with Gasteiger partial charge in [0, 0.05) is 6.07 Å². The third kappa shape index (κ3) is 3.98. The van der Waals surface area contributed by atoms with Gasteiger partial charge in [-0.25, -0.2) is 0 Å². The molecule has 0 fully saturated rings. The fourth-order valence-electron chi connectivity index (χ4n) is 1.52. The zero-order chi connectivity index (χ0) is 17.1. The molecule has 2 aromatic rings. The topological polar surface area (TPSA) is 71.5 Å². The van der Waals surface area contributed by atoms with Gasteiger partial charge in [-0.3, -0.25) is 4.79 Å². The number of amides is 1. The average molecular weight is 326 g/mol. The van der Waals surface area contributed by atoms with Crippen LogP contribution in [0.25, 0.3) is 0 Å². The molecule has 1 aromatic heterocycles. The van der Waals surface area contributed by atoms with Crippen LogP contribution in [-0.4, -0.2) is 27.8 Å². The predicted molar refractivity (Wildman–Crippen MR) is 76.1 cm³/mol. The van der Waals surface area contributed by atoms with Crippen molar-refractivity contribution in [3.63, 3.8) is 0 Å². The van der Waals surface area contributed by atoms with E-state index in [0.29, 0.717) is 12.7 Å². The van der Waals surface area contributed by atoms with Crippen LogP contribution in [0.1, 0.15) is 6.92 Å². The summed E-state index contributed by atoms with van der Waals surface area (Å²) < 4.78 is 43.2. The molecular formula is C15H13F3N2O3. The van der Waals surface area contributed by atoms with Crippen LogP contribution in [0.3, 0.4) is 0 Å². The van der Waals surface area contributed by atoms with Gasteiger partial charge in [0.25, 0.3) is 5.91 Å². The molecule has 122 valence electrons. The van der Waals surface area contributed by atoms with Crippen LogP contribution in [0.4, 0.5) is 19.0 Å². The third-order valence-electron chi connectivity index (χ3n) is 2.92. The Morgan fingerprint density at radius 3 is 2.39 bits per heavy atom. The molecule has 0 spiro atoms. The van der Waals surface area contributed by atoms with E-state index in [9.17, 15) is 23.1 Å². The van der Waals surface area contributed by atoms with E-state index in [2.05, 4.69) is 4.98 Å². The molecule has 0 aliphatic heterocycles. The summed E-state index contributed by atoms with van der Waals surface area (Å²) in [7, 11) is 0. The molecule has 0 saturated carbocycles. The lowest BCUT2D eigenvalue weighted by Crippen LogP contribution is -2.52. The first-order valence-corrected chi connectivity index (χ1v) is 6.50. The van der Waals surface area contributed by atoms with Crippen molar-refractivity contribution in [2.24, 2.45) is 0 Å². The average Bonchev–Trinajstić information content (AvgIpc) is 2.47. The van der Waals surface area contributed by atoms with Crippen molar-refractivity contribution >= 4 is 11.7 Å². The van der Waals surface area contributed by atoms with E-state index in [4.69, 9.17) is 4.74 Å². The number of hydrogen-bond donors (Lipinski definition) is 2. The molecule has 0 aliphatic rings. The molecule has 23 heavy (non-hydrogen) atoms. The number of nitrogens with one attached hydrogen (secondary N) is 1. The summed E-state index contributed by atoms with van der Waals surface area (Å²) in [6, 6.07) is 12.8. The molecule has 5 nitrogen and oxygen atoms in total. The van der Waals surface area contributed by atoms with Gasteiger partial charge in [-0.2, -0.15) is 18.2 Å². The fourth-order valence-corrected chi connectivity index (χ4v) is 1.52. The lowest BCUT2D eigenvalue weighted by molar-refractivity contribution is -0.242. The summed E-state index contributed by atoms with van der Waals surface area (Å²) in [6.45, 7) is 0.368. The number of pyridine rings is 1. The van der Waals surface area contributed by atoms with Crippen LogP contribution < -0.4 is 10.1 Å². The number of anilines is 1. The van der Waals surface area contributed by atoms with Gasteiger partial charge in [0.1, 0.15) is 11.6 Å². The van der Waals surface area contributed by atoms with Crippen LogP contribution in [0.15, 0.2) is 48.5 Å². The van der Waals surface area contributed by atoms with Crippen LogP contribution in [-0.2, 0) is 4.79 Å². The first-order chi connectivity index (χ1) is 10.7. The highest BCUT2D eigenvalue weighted by Gasteiger charge is 2.55. The molecule has 2 N–H and O–H groups in total. The van der Waals surface area contributed by atoms with Crippen molar-refractivity contribution in [2.75, 3.05) is 5.32 Å². The molecule has 0 aliphatic carbocycles. The van der Waals surface area contributed by atoms with Gasteiger partial charge in [0.05, 0.1) is 0 Å². The molecule has 1 atom stereocenters. The van der Waals surface area contributed by atoms with E-state index in [1.54, 1.807) is 30.3 Å². The molecule has 0 radical (unpaired) electrons. The number of aromatic nitrogens is 1. The predicted octanol–water partition coefficient (Wildman–Crippen LogP) is 3.13. The van der Waals surface area contributed by atoms with E-state index in [0.717, 1.165) is 0 Å². The van der Waals surface area contributed by atoms with Gasteiger partial charge >= 0.3 is 6.18 Å². The molecule has 1 heterocycles. The Kier molecular flexibility index (Phi) is 4.55. The maximum Gasteiger partial charge on any atom is 0.426 e. The molecule has 8 heteroatoms. The lowest BCUT2D eigenvalue weighted by atomic mass is 10.1. The number of carbonyl (C=O) groups excluding carboxylic acids is 1. The Labute approximate surface area is 129 Å². The normalized spacial score (nSPS) is 14.0. The first-order valence-electron chi connectivity index (χ1n) is 6.50. The summed E-state index contributed by atoms with van der Waals surface area (Å²) in [4.78, 5) is 15.5. The maximum absolute atomic E-state index is 12.6. The molecule has 2 rings (SSSR count). The van der Waals surface area contributed by atoms with Crippen molar-refractivity contribution in [3.8, 4) is 11.6 Å². The third-order valence-corrected chi connectivity index (χ3v) is 2.92. The van der Waals surface area contributed by atoms with Crippen molar-refractivity contribution in [1.82, 2.24) is 4.98 Å². The second kappa shape index (κ2) is 6.25. The zero-order valence-corrected chi connectivity index (χ0v) is 12.0. The monoisotopic (exact) mass is 326 g/mol. The summed E-state index contributed by atoms with van der Waals surface area (Å²) in [6.07, 6.45) is -5.10. The Balaban J connectivity index is 2.13. The van der Waals surface area contributed by atoms with Gasteiger partial charge < -0.3 is 15.2 Å². The second-order valence-electron chi connectivity index (χ2n) is 4.80. The molecule has 1 aromatic carbocycles. The van der Waals surface area contributed by atoms with Crippen molar-refractivity contribution in [2.45, 2.75) is 18.7 Å². The van der Waals surface area contributed by atoms with E-state index in [1.807, 2.05) is 5.32 Å². The smallest absolute Gasteiger partial charge is 0.426 e. The lowest BCUT2D eigenvalue weighted by Gasteiger charge is -2.24. The minimum absolute atomic E-state index is 0.0839. The van der Waals surface area contributed by atoms with Crippen LogP contribution in [0, 0.1) is 0 Å². The van der Waals surface area contributed by atoms with Gasteiger partial charge in [0.15, 0.2) is 0 Å². The molecular weight excluding hydrogens is 313 g/mol. The zero-order valence-electron chi connectivity index (χ0n) is 12.0. The van der Waals surface area contributed by atoms with E-state index >= 15 is 0 Å². The number of nitrogens with zero attached hydrogens (tertiary/aromatic N) is 1. The highest BCUT2D eigenvalue weighted by atomic mass is 19.4. The van der Waals surface area contributed by atoms with Gasteiger partial charge in [-0.05, 0) is 25.1 Å². The highest BCUT2D eigenvalue weighted by Crippen LogP contribution is 2.31. The molecule has 0 bridgehead atoms. The van der Waals surface area contributed by atoms with E-state index in [1.165, 1.54) is 18.2 Å². The first kappa shape index (κ1) is 16.8. The van der Waals surface area contributed by atoms with Crippen LogP contribution in [0.5, 0.6) is 11.6 Å². The number of rotatable bonds is 4. The van der Waals surface area contributed by atoms with Crippen molar-refractivity contribution < 1.29 is 27.8 Å². The number of carbonyl (C=O) groups is 1. The maximum atomic E-state index is 12.6. The Morgan fingerprint density at radius 1 is 1.13 bits per heavy atom. The number of aliphatic hydroxyl groups is 1. The van der Waals surface area contributed by atoms with E-state index < -0.39 is 17.7 Å². The van der Waals surface area contributed by atoms with Gasteiger partial charge in [-0.15, -0.1) is 0 Å². The van der Waals surface area contributed by atoms with Crippen molar-refractivity contribution in [3.05, 3.63) is 48.5 Å². The summed E-state index contributed by atoms with van der Waals surface area (Å²) in [5.41, 5.74) is -3.52. The Hall–Kier alpha value is -2.61. The number of ether oxygens (including phenoxy) is 1. The molecule has 0 saturated heterocycles. The number of alkyl halides is 3. The van der Waals surface area contributed by atoms with Gasteiger partial charge in [0.2, 0.25) is 11.5 Å². The minimum atomic E-state index is -5.10. The Morgan fingerprint density at radius 2 is 1.78 bits per heavy atom. The summed E-state index contributed by atoms with van der Waals surface area (Å²) in [5, 5.41) is 11.2. The fraction of sp³-hybridized carbons (Fsp3) is 0.200. The highest BCUT2D eigenvalue weighted by molar-refractivity contribution is 5.96. The quantitative estimate of drug-likeness (QED) is 0.905. The molecule has 1 amide bonds. The summed E-state index contributed by atoms with van der Waals surface area (Å²) >= 11 is 0. The van der Waals surface area contributed by atoms with Gasteiger partial charge in [-0.1, -0.05) is 24.3 Å². The van der Waals surface area contributed by atoms with E-state index in [-0.39, 0.29) is 11.7 Å². The second-order valence-corrected chi connectivity index (χ2v) is 4.80. The SMILES string of the molecule is CC(O)(C(=O)Nc1cccc(Oc2ccccc2)n1)C(F)(F)F. The number of para-hydroxylation sites is 1. The minimum Gasteiger partial charge on any atom is -0.439 e. The molecule has 1 unspecified atom stereocenters. The number of hydrogen-bond acceptors (Lipinski definition) is 4. The number of benzene rings is 1. The summed E-state index contributed by atoms with van der Waals surface area (Å²) in [5.74, 6) is -1.24. The van der Waals surface area contributed by atoms with Crippen LogP contribution >= 0.6 is 0 Å². The Bertz CT molecular complexity index is 688. The largest absolute Gasteiger partial charge is 0.439 e. The number of halogens is 3. The van der Waals surface area contributed by atoms with Crippen molar-refractivity contribution in [1.29, 1.82) is 0 Å². The standard InChI is InChI=1S/C15H13F3N2O3/c1-14(22,15(16,17)18)13(21)20-11-8-5-9-12(19-11)23-10-6-3-2-4-7-10/h2-9,22H,1H3,(H,19,20,21). The van der Waals surface area contributed by atoms with Crippen LogP contribution in [0.2, 0.25) is 0 Å².